The van der Waals surface area contributed by atoms with Crippen molar-refractivity contribution in [1.29, 1.82) is 0 Å². The molecule has 2 aromatic rings. The number of halogens is 3. The molecule has 18 heavy (non-hydrogen) atoms. The Labute approximate surface area is 119 Å². The molecule has 1 nitrogen and oxygen atoms in total. The highest BCUT2D eigenvalue weighted by Crippen LogP contribution is 2.30. The van der Waals surface area contributed by atoms with Gasteiger partial charge in [0, 0.05) is 10.5 Å². The lowest BCUT2D eigenvalue weighted by molar-refractivity contribution is 0.625. The Morgan fingerprint density at radius 2 is 1.83 bits per heavy atom. The molecule has 0 bridgehead atoms. The number of nitrogens with two attached hydrogens (primary N) is 1. The van der Waals surface area contributed by atoms with E-state index in [0.29, 0.717) is 11.4 Å². The van der Waals surface area contributed by atoms with E-state index in [-0.39, 0.29) is 11.9 Å². The van der Waals surface area contributed by atoms with Gasteiger partial charge in [0.2, 0.25) is 0 Å². The zero-order valence-electron chi connectivity index (χ0n) is 9.54. The van der Waals surface area contributed by atoms with Crippen LogP contribution in [-0.2, 0) is 6.42 Å². The van der Waals surface area contributed by atoms with E-state index in [1.54, 1.807) is 12.1 Å². The molecule has 0 fully saturated rings. The van der Waals surface area contributed by atoms with Gasteiger partial charge in [-0.05, 0) is 51.7 Å². The molecule has 0 aliphatic carbocycles. The van der Waals surface area contributed by atoms with E-state index in [4.69, 9.17) is 17.3 Å². The molecule has 94 valence electrons. The van der Waals surface area contributed by atoms with Crippen molar-refractivity contribution in [2.45, 2.75) is 12.5 Å². The van der Waals surface area contributed by atoms with Crippen LogP contribution in [0.3, 0.4) is 0 Å². The highest BCUT2D eigenvalue weighted by molar-refractivity contribution is 9.10. The summed E-state index contributed by atoms with van der Waals surface area (Å²) >= 11 is 9.56. The first-order valence-electron chi connectivity index (χ1n) is 5.52. The van der Waals surface area contributed by atoms with Crippen LogP contribution in [0.2, 0.25) is 5.02 Å². The van der Waals surface area contributed by atoms with Crippen LogP contribution >= 0.6 is 27.5 Å². The normalized spacial score (nSPS) is 12.4. The van der Waals surface area contributed by atoms with E-state index in [9.17, 15) is 4.39 Å². The predicted octanol–water partition coefficient (Wildman–Crippen LogP) is 4.48. The average Bonchev–Trinajstić information content (AvgIpc) is 2.35. The van der Waals surface area contributed by atoms with Crippen LogP contribution in [0, 0.1) is 5.82 Å². The lowest BCUT2D eigenvalue weighted by Gasteiger charge is -2.14. The molecule has 0 amide bonds. The number of benzene rings is 2. The largest absolute Gasteiger partial charge is 0.324 e. The van der Waals surface area contributed by atoms with Crippen LogP contribution in [0.1, 0.15) is 17.2 Å². The molecule has 0 aliphatic heterocycles. The Kier molecular flexibility index (Phi) is 4.38. The summed E-state index contributed by atoms with van der Waals surface area (Å²) in [7, 11) is 0. The van der Waals surface area contributed by atoms with Gasteiger partial charge in [-0.15, -0.1) is 0 Å². The van der Waals surface area contributed by atoms with E-state index in [2.05, 4.69) is 15.9 Å². The molecular weight excluding hydrogens is 317 g/mol. The second kappa shape index (κ2) is 5.83. The van der Waals surface area contributed by atoms with Crippen molar-refractivity contribution < 1.29 is 4.39 Å². The molecule has 0 saturated carbocycles. The molecule has 0 aliphatic rings. The number of rotatable bonds is 3. The van der Waals surface area contributed by atoms with Gasteiger partial charge in [-0.25, -0.2) is 4.39 Å². The molecule has 4 heteroatoms. The van der Waals surface area contributed by atoms with Gasteiger partial charge in [-0.3, -0.25) is 0 Å². The third-order valence-corrected chi connectivity index (χ3v) is 4.06. The third-order valence-electron chi connectivity index (χ3n) is 2.75. The molecule has 0 spiro atoms. The minimum absolute atomic E-state index is 0.208. The Hall–Kier alpha value is -0.900. The fourth-order valence-electron chi connectivity index (χ4n) is 1.79. The summed E-state index contributed by atoms with van der Waals surface area (Å²) in [4.78, 5) is 0. The van der Waals surface area contributed by atoms with Gasteiger partial charge in [0.15, 0.2) is 0 Å². The van der Waals surface area contributed by atoms with Gasteiger partial charge >= 0.3 is 0 Å². The smallest absolute Gasteiger partial charge is 0.123 e. The van der Waals surface area contributed by atoms with E-state index in [1.165, 1.54) is 12.1 Å². The molecule has 0 saturated heterocycles. The van der Waals surface area contributed by atoms with Crippen LogP contribution in [0.15, 0.2) is 46.9 Å². The maximum Gasteiger partial charge on any atom is 0.123 e. The van der Waals surface area contributed by atoms with E-state index in [0.717, 1.165) is 15.6 Å². The number of hydrogen-bond acceptors (Lipinski definition) is 1. The first-order valence-corrected chi connectivity index (χ1v) is 6.69. The van der Waals surface area contributed by atoms with Gasteiger partial charge in [-0.1, -0.05) is 35.9 Å². The molecule has 2 N–H and O–H groups in total. The van der Waals surface area contributed by atoms with Crippen LogP contribution in [0.25, 0.3) is 0 Å². The minimum atomic E-state index is -0.243. The molecule has 0 radical (unpaired) electrons. The van der Waals surface area contributed by atoms with Crippen molar-refractivity contribution in [3.8, 4) is 0 Å². The Bertz CT molecular complexity index is 542. The zero-order valence-corrected chi connectivity index (χ0v) is 11.9. The standard InChI is InChI=1S/C14H12BrClFN/c15-12-3-1-2-11(14(12)16)13(18)8-9-4-6-10(17)7-5-9/h1-7,13H,8,18H2. The summed E-state index contributed by atoms with van der Waals surface area (Å²) < 4.78 is 13.6. The summed E-state index contributed by atoms with van der Waals surface area (Å²) in [6.45, 7) is 0. The van der Waals surface area contributed by atoms with Crippen LogP contribution in [0.5, 0.6) is 0 Å². The predicted molar refractivity (Wildman–Crippen MR) is 76.2 cm³/mol. The highest BCUT2D eigenvalue weighted by atomic mass is 79.9. The van der Waals surface area contributed by atoms with Crippen molar-refractivity contribution in [2.24, 2.45) is 5.73 Å². The van der Waals surface area contributed by atoms with E-state index < -0.39 is 0 Å². The van der Waals surface area contributed by atoms with Gasteiger partial charge in [-0.2, -0.15) is 0 Å². The first kappa shape index (κ1) is 13.5. The first-order chi connectivity index (χ1) is 8.58. The zero-order chi connectivity index (χ0) is 13.1. The lowest BCUT2D eigenvalue weighted by Crippen LogP contribution is -2.14. The summed E-state index contributed by atoms with van der Waals surface area (Å²) in [6.07, 6.45) is 0.621. The third kappa shape index (κ3) is 3.10. The van der Waals surface area contributed by atoms with Gasteiger partial charge < -0.3 is 5.73 Å². The summed E-state index contributed by atoms with van der Waals surface area (Å²) in [5, 5.41) is 0.632. The average molecular weight is 329 g/mol. The quantitative estimate of drug-likeness (QED) is 0.883. The van der Waals surface area contributed by atoms with Gasteiger partial charge in [0.05, 0.1) is 5.02 Å². The topological polar surface area (TPSA) is 26.0 Å². The van der Waals surface area contributed by atoms with Crippen molar-refractivity contribution in [3.63, 3.8) is 0 Å². The van der Waals surface area contributed by atoms with Crippen LogP contribution < -0.4 is 5.73 Å². The van der Waals surface area contributed by atoms with E-state index >= 15 is 0 Å². The molecular formula is C14H12BrClFN. The van der Waals surface area contributed by atoms with Crippen molar-refractivity contribution in [1.82, 2.24) is 0 Å². The van der Waals surface area contributed by atoms with Crippen molar-refractivity contribution >= 4 is 27.5 Å². The molecule has 0 heterocycles. The fourth-order valence-corrected chi connectivity index (χ4v) is 2.44. The van der Waals surface area contributed by atoms with E-state index in [1.807, 2.05) is 18.2 Å². The minimum Gasteiger partial charge on any atom is -0.324 e. The van der Waals surface area contributed by atoms with Crippen LogP contribution in [0.4, 0.5) is 4.39 Å². The summed E-state index contributed by atoms with van der Waals surface area (Å²) in [6, 6.07) is 11.8. The second-order valence-electron chi connectivity index (χ2n) is 4.08. The highest BCUT2D eigenvalue weighted by Gasteiger charge is 2.12. The number of hydrogen-bond donors (Lipinski definition) is 1. The summed E-state index contributed by atoms with van der Waals surface area (Å²) in [5.74, 6) is -0.243. The van der Waals surface area contributed by atoms with Crippen molar-refractivity contribution in [3.05, 3.63) is 68.9 Å². The molecule has 1 atom stereocenters. The Balaban J connectivity index is 2.19. The Morgan fingerprint density at radius 1 is 1.17 bits per heavy atom. The SMILES string of the molecule is NC(Cc1ccc(F)cc1)c1cccc(Br)c1Cl. The molecule has 2 aromatic carbocycles. The Morgan fingerprint density at radius 3 is 2.50 bits per heavy atom. The lowest BCUT2D eigenvalue weighted by atomic mass is 10.00. The van der Waals surface area contributed by atoms with Gasteiger partial charge in [0.25, 0.3) is 0 Å². The second-order valence-corrected chi connectivity index (χ2v) is 5.31. The maximum atomic E-state index is 12.8. The van der Waals surface area contributed by atoms with Gasteiger partial charge in [0.1, 0.15) is 5.82 Å². The van der Waals surface area contributed by atoms with Crippen LogP contribution in [-0.4, -0.2) is 0 Å². The summed E-state index contributed by atoms with van der Waals surface area (Å²) in [5.41, 5.74) is 8.01. The molecule has 1 unspecified atom stereocenters. The molecule has 0 aromatic heterocycles. The fraction of sp³-hybridized carbons (Fsp3) is 0.143. The maximum absolute atomic E-state index is 12.8. The molecule has 2 rings (SSSR count). The van der Waals surface area contributed by atoms with Crippen molar-refractivity contribution in [2.75, 3.05) is 0 Å². The monoisotopic (exact) mass is 327 g/mol.